The Morgan fingerprint density at radius 2 is 1.37 bits per heavy atom. The highest BCUT2D eigenvalue weighted by atomic mass is 16.8. The third-order valence-electron chi connectivity index (χ3n) is 20.9. The summed E-state index contributed by atoms with van der Waals surface area (Å²) in [5, 5.41) is 92.3. The molecule has 1 aromatic heterocycles. The molecule has 27 atom stereocenters. The van der Waals surface area contributed by atoms with Gasteiger partial charge in [0.2, 0.25) is 0 Å². The molecule has 0 unspecified atom stereocenters. The Hall–Kier alpha value is -3.97. The lowest BCUT2D eigenvalue weighted by Crippen LogP contribution is -2.78. The molecule has 8 N–H and O–H groups in total. The van der Waals surface area contributed by atoms with Gasteiger partial charge in [-0.25, -0.2) is 9.59 Å². The van der Waals surface area contributed by atoms with Crippen molar-refractivity contribution in [2.45, 2.75) is 245 Å². The SMILES string of the molecule is CO[C@H]1[C@@H](O)[C@H](O[C@@H]2[C@@H](C)O[C@@H](O[C@H]3[C@@H](OC)C[C@H](O[C@H]4CC[C@@]5(C)C(=CC[C@]6(O)[C@@H]5C[C@@H](OC(=O)c5cccnc5)[C@@]5(C)[C@]6(O)CC[C@@]5(O)[C@H](C)OC(=O)/C=C/c5ccccc5)C4)O[C@@H]3C)C[C@H]2OC)O[C@H](C)[C@H]1O[C@@H]1O[C@H](CO)[C@@H](O)[C@H](O)[C@H]1O. The Labute approximate surface area is 506 Å². The lowest BCUT2D eigenvalue weighted by molar-refractivity contribution is -0.373. The van der Waals surface area contributed by atoms with Crippen LogP contribution in [0.1, 0.15) is 115 Å². The molecule has 24 nitrogen and oxygen atoms in total. The van der Waals surface area contributed by atoms with Crippen LogP contribution < -0.4 is 0 Å². The molecule has 4 aliphatic heterocycles. The number of methoxy groups -OCH3 is 3. The normalized spacial score (nSPS) is 45.9. The number of benzene rings is 1. The summed E-state index contributed by atoms with van der Waals surface area (Å²) in [6.45, 7) is 9.93. The topological polar surface area (TPSA) is 329 Å². The molecule has 0 radical (unpaired) electrons. The summed E-state index contributed by atoms with van der Waals surface area (Å²) in [7, 11) is 4.48. The van der Waals surface area contributed by atoms with Gasteiger partial charge in [0.15, 0.2) is 25.2 Å². The zero-order chi connectivity index (χ0) is 62.5. The summed E-state index contributed by atoms with van der Waals surface area (Å²) >= 11 is 0. The average molecular weight is 1230 g/mol. The Morgan fingerprint density at radius 1 is 0.724 bits per heavy atom. The van der Waals surface area contributed by atoms with Crippen molar-refractivity contribution in [1.82, 2.24) is 4.98 Å². The van der Waals surface area contributed by atoms with E-state index in [1.54, 1.807) is 53.0 Å². The molecule has 484 valence electrons. The third-order valence-corrected chi connectivity index (χ3v) is 20.9. The molecular weight excluding hydrogens is 1140 g/mol. The second kappa shape index (κ2) is 26.3. The van der Waals surface area contributed by atoms with Gasteiger partial charge in [0.25, 0.3) is 0 Å². The van der Waals surface area contributed by atoms with Crippen LogP contribution >= 0.6 is 0 Å². The van der Waals surface area contributed by atoms with E-state index in [0.29, 0.717) is 25.7 Å². The van der Waals surface area contributed by atoms with Crippen LogP contribution in [0.2, 0.25) is 0 Å². The first kappa shape index (κ1) is 66.0. The van der Waals surface area contributed by atoms with E-state index in [0.717, 1.165) is 11.1 Å². The lowest BCUT2D eigenvalue weighted by atomic mass is 9.42. The van der Waals surface area contributed by atoms with Gasteiger partial charge in [-0.2, -0.15) is 0 Å². The Kier molecular flexibility index (Phi) is 20.0. The maximum atomic E-state index is 14.1. The van der Waals surface area contributed by atoms with Crippen molar-refractivity contribution >= 4 is 18.0 Å². The highest BCUT2D eigenvalue weighted by molar-refractivity contribution is 5.89. The maximum absolute atomic E-state index is 14.1. The molecule has 24 heteroatoms. The molecule has 0 bridgehead atoms. The monoisotopic (exact) mass is 1230 g/mol. The van der Waals surface area contributed by atoms with Gasteiger partial charge < -0.3 is 102 Å². The Morgan fingerprint density at radius 3 is 2.01 bits per heavy atom. The minimum Gasteiger partial charge on any atom is -0.458 e. The summed E-state index contributed by atoms with van der Waals surface area (Å²) in [6, 6.07) is 12.4. The summed E-state index contributed by atoms with van der Waals surface area (Å²) in [6.07, 6.45) is -11.4. The summed E-state index contributed by atoms with van der Waals surface area (Å²) < 4.78 is 80.5. The van der Waals surface area contributed by atoms with Gasteiger partial charge in [0, 0.05) is 58.6 Å². The van der Waals surface area contributed by atoms with Gasteiger partial charge in [-0.1, -0.05) is 55.8 Å². The molecule has 10 rings (SSSR count). The van der Waals surface area contributed by atoms with Crippen LogP contribution in [0, 0.1) is 16.7 Å². The van der Waals surface area contributed by atoms with Crippen LogP contribution in [-0.2, 0) is 66.4 Å². The number of aromatic nitrogens is 1. The van der Waals surface area contributed by atoms with Gasteiger partial charge in [-0.05, 0) is 102 Å². The molecule has 5 heterocycles. The first-order valence-corrected chi connectivity index (χ1v) is 30.4. The fraction of sp³-hybridized carbons (Fsp3) is 0.730. The van der Waals surface area contributed by atoms with Crippen molar-refractivity contribution < 1.29 is 112 Å². The molecule has 0 amide bonds. The molecular formula is C63H89NO23. The summed E-state index contributed by atoms with van der Waals surface area (Å²) in [4.78, 5) is 31.6. The largest absolute Gasteiger partial charge is 0.458 e. The minimum absolute atomic E-state index is 0.0337. The number of fused-ring (bicyclic) bond motifs is 5. The zero-order valence-corrected chi connectivity index (χ0v) is 50.8. The maximum Gasteiger partial charge on any atom is 0.339 e. The number of carbonyl (C=O) groups excluding carboxylic acids is 2. The van der Waals surface area contributed by atoms with E-state index in [9.17, 15) is 50.4 Å². The quantitative estimate of drug-likeness (QED) is 0.0604. The number of carbonyl (C=O) groups is 2. The number of aliphatic hydroxyl groups is 8. The van der Waals surface area contributed by atoms with Crippen LogP contribution in [0.4, 0.5) is 0 Å². The number of pyridine rings is 1. The number of rotatable bonds is 18. The summed E-state index contributed by atoms with van der Waals surface area (Å²) in [5.74, 6) is -2.08. The Balaban J connectivity index is 0.777. The van der Waals surface area contributed by atoms with Crippen LogP contribution in [0.15, 0.2) is 72.6 Å². The molecule has 2 aromatic rings. The van der Waals surface area contributed by atoms with Gasteiger partial charge in [-0.15, -0.1) is 0 Å². The highest BCUT2D eigenvalue weighted by Crippen LogP contribution is 2.71. The third kappa shape index (κ3) is 12.0. The van der Waals surface area contributed by atoms with Gasteiger partial charge >= 0.3 is 11.9 Å². The highest BCUT2D eigenvalue weighted by Gasteiger charge is 2.81. The Bertz CT molecular complexity index is 2730. The number of ether oxygens (including phenoxy) is 13. The molecule has 1 aromatic carbocycles. The van der Waals surface area contributed by atoms with Crippen molar-refractivity contribution in [3.05, 3.63) is 83.7 Å². The van der Waals surface area contributed by atoms with Gasteiger partial charge in [-0.3, -0.25) is 4.98 Å². The molecule has 4 aliphatic carbocycles. The zero-order valence-electron chi connectivity index (χ0n) is 50.8. The standard InChI is InChI=1S/C63H89NO23/c1-32-52(85-47-28-41(76-8)53(33(2)79-47)86-58-51(70)55(77-9)54(34(3)80-58)87-57-50(69)49(68)48(67)42(31-65)83-57)40(75-7)27-46(78-32)82-39-20-21-59(5)38(26-39)19-22-62(73)43(59)29-44(84-56(71)37-16-13-25-64-30-37)60(6)61(72,23-24-63(60,62)74)35(4)81-45(66)18-17-36-14-11-10-12-15-36/h10-19,25,30,32-35,39-44,46-55,57-58,65,67-70,72-74H,20-24,26-29,31H2,1-9H3/b18-17+/t32-,33-,34-,35+,39+,40+,41-,42-,43-,44-,46+,47+,48-,49+,50-,51-,52-,53-,54-,55+,57+,58+,59+,60-,61-,62+,63-/m1/s1. The van der Waals surface area contributed by atoms with Crippen molar-refractivity contribution in [3.63, 3.8) is 0 Å². The van der Waals surface area contributed by atoms with E-state index in [-0.39, 0.29) is 43.8 Å². The van der Waals surface area contributed by atoms with E-state index in [1.807, 2.05) is 43.3 Å². The van der Waals surface area contributed by atoms with Crippen LogP contribution in [0.3, 0.4) is 0 Å². The van der Waals surface area contributed by atoms with Crippen LogP contribution in [0.5, 0.6) is 0 Å². The molecule has 3 saturated carbocycles. The number of esters is 2. The number of hydrogen-bond donors (Lipinski definition) is 8. The second-order valence-electron chi connectivity index (χ2n) is 25.5. The van der Waals surface area contributed by atoms with Crippen LogP contribution in [-0.4, -0.2) is 231 Å². The molecule has 87 heavy (non-hydrogen) atoms. The minimum atomic E-state index is -2.04. The van der Waals surface area contributed by atoms with Crippen molar-refractivity contribution in [3.8, 4) is 0 Å². The average Bonchev–Trinajstić information content (AvgIpc) is 1.60. The van der Waals surface area contributed by atoms with Crippen molar-refractivity contribution in [2.75, 3.05) is 27.9 Å². The van der Waals surface area contributed by atoms with Crippen LogP contribution in [0.25, 0.3) is 6.08 Å². The molecule has 0 spiro atoms. The predicted molar refractivity (Wildman–Crippen MR) is 303 cm³/mol. The fourth-order valence-electron chi connectivity index (χ4n) is 15.8. The van der Waals surface area contributed by atoms with E-state index >= 15 is 0 Å². The smallest absolute Gasteiger partial charge is 0.339 e. The van der Waals surface area contributed by atoms with E-state index in [4.69, 9.17) is 61.6 Å². The number of hydrogen-bond acceptors (Lipinski definition) is 24. The molecule has 4 saturated heterocycles. The summed E-state index contributed by atoms with van der Waals surface area (Å²) in [5.41, 5.74) is -6.31. The van der Waals surface area contributed by atoms with Gasteiger partial charge in [0.1, 0.15) is 83.9 Å². The van der Waals surface area contributed by atoms with Crippen molar-refractivity contribution in [1.29, 1.82) is 0 Å². The van der Waals surface area contributed by atoms with E-state index < -0.39 is 175 Å². The molecule has 8 aliphatic rings. The van der Waals surface area contributed by atoms with E-state index in [2.05, 4.69) is 11.9 Å². The van der Waals surface area contributed by atoms with Crippen molar-refractivity contribution in [2.24, 2.45) is 16.7 Å². The number of nitrogens with zero attached hydrogens (tertiary/aromatic N) is 1. The van der Waals surface area contributed by atoms with E-state index in [1.165, 1.54) is 32.7 Å². The first-order chi connectivity index (χ1) is 41.4. The van der Waals surface area contributed by atoms with Gasteiger partial charge in [0.05, 0.1) is 54.2 Å². The predicted octanol–water partition coefficient (Wildman–Crippen LogP) is 2.55. The fourth-order valence-corrected chi connectivity index (χ4v) is 15.8. The lowest BCUT2D eigenvalue weighted by Gasteiger charge is -2.67. The first-order valence-electron chi connectivity index (χ1n) is 30.4. The molecule has 7 fully saturated rings. The number of aliphatic hydroxyl groups excluding tert-OH is 5. The second-order valence-corrected chi connectivity index (χ2v) is 25.5.